The van der Waals surface area contributed by atoms with Gasteiger partial charge in [0.05, 0.1) is 0 Å². The van der Waals surface area contributed by atoms with Gasteiger partial charge in [0.1, 0.15) is 6.33 Å². The van der Waals surface area contributed by atoms with Crippen molar-refractivity contribution < 1.29 is 14.3 Å². The molecule has 0 spiro atoms. The van der Waals surface area contributed by atoms with Crippen LogP contribution in [0.3, 0.4) is 0 Å². The average Bonchev–Trinajstić information content (AvgIpc) is 3.21. The van der Waals surface area contributed by atoms with Crippen molar-refractivity contribution in [3.8, 4) is 0 Å². The molecule has 6 nitrogen and oxygen atoms in total. The van der Waals surface area contributed by atoms with Crippen LogP contribution < -0.4 is 0 Å². The molecule has 0 bridgehead atoms. The second kappa shape index (κ2) is 6.53. The lowest BCUT2D eigenvalue weighted by Gasteiger charge is -1.98. The van der Waals surface area contributed by atoms with Gasteiger partial charge in [-0.25, -0.2) is 4.98 Å². The summed E-state index contributed by atoms with van der Waals surface area (Å²) in [7, 11) is 0. The summed E-state index contributed by atoms with van der Waals surface area (Å²) in [5.74, 6) is -0.476. The number of aryl methyl sites for hydroxylation is 1. The lowest BCUT2D eigenvalue weighted by molar-refractivity contribution is 0.101. The number of nitrogens with zero attached hydrogens (tertiary/aromatic N) is 2. The Kier molecular flexibility index (Phi) is 4.29. The van der Waals surface area contributed by atoms with E-state index in [0.717, 1.165) is 11.0 Å². The van der Waals surface area contributed by atoms with Gasteiger partial charge in [-0.05, 0) is 31.2 Å². The molecular formula is C16H13N3O3S. The third kappa shape index (κ3) is 3.70. The zero-order chi connectivity index (χ0) is 16.2. The highest BCUT2D eigenvalue weighted by Gasteiger charge is 2.13. The maximum absolute atomic E-state index is 12.1. The van der Waals surface area contributed by atoms with Gasteiger partial charge in [-0.1, -0.05) is 29.5 Å². The quantitative estimate of drug-likeness (QED) is 0.422. The predicted octanol–water partition coefficient (Wildman–Crippen LogP) is 3.64. The van der Waals surface area contributed by atoms with E-state index in [1.54, 1.807) is 12.1 Å². The molecule has 1 aromatic carbocycles. The molecular weight excluding hydrogens is 314 g/mol. The third-order valence-electron chi connectivity index (χ3n) is 2.99. The fraction of sp³-hybridized carbons (Fsp3) is 0.0625. The molecule has 23 heavy (non-hydrogen) atoms. The van der Waals surface area contributed by atoms with Gasteiger partial charge < -0.3 is 9.52 Å². The Hall–Kier alpha value is -2.80. The summed E-state index contributed by atoms with van der Waals surface area (Å²) in [6, 6.07) is 11.3. The van der Waals surface area contributed by atoms with Crippen molar-refractivity contribution >= 4 is 23.3 Å². The molecule has 0 atom stereocenters. The summed E-state index contributed by atoms with van der Waals surface area (Å²) >= 11 is 1.42. The molecule has 0 radical (unpaired) electrons. The smallest absolute Gasteiger partial charge is 0.224 e. The third-order valence-corrected chi connectivity index (χ3v) is 3.92. The van der Waals surface area contributed by atoms with E-state index in [4.69, 9.17) is 4.42 Å². The lowest BCUT2D eigenvalue weighted by Crippen LogP contribution is -1.95. The van der Waals surface area contributed by atoms with Crippen LogP contribution in [0.2, 0.25) is 0 Å². The number of allylic oxidation sites excluding steroid dienone is 1. The van der Waals surface area contributed by atoms with Gasteiger partial charge in [0, 0.05) is 11.0 Å². The Balaban J connectivity index is 1.72. The minimum absolute atomic E-state index is 0.124. The molecule has 0 saturated carbocycles. The standard InChI is InChI=1S/C16H13N3O3S/c1-10-2-4-11(5-3-10)23-15-7-6-14(22-15)12(20)8-13(21)16-17-9-18-19-16/h2-9,21H,1H3,(H,17,18,19). The van der Waals surface area contributed by atoms with Crippen molar-refractivity contribution in [1.29, 1.82) is 0 Å². The van der Waals surface area contributed by atoms with Crippen molar-refractivity contribution in [3.05, 3.63) is 65.9 Å². The summed E-state index contributed by atoms with van der Waals surface area (Å²) < 4.78 is 5.51. The van der Waals surface area contributed by atoms with E-state index in [0.29, 0.717) is 5.09 Å². The summed E-state index contributed by atoms with van der Waals surface area (Å²) in [6.45, 7) is 2.02. The normalized spacial score (nSPS) is 11.6. The number of hydrogen-bond donors (Lipinski definition) is 2. The van der Waals surface area contributed by atoms with Gasteiger partial charge in [-0.3, -0.25) is 9.89 Å². The minimum atomic E-state index is -0.449. The first-order chi connectivity index (χ1) is 11.1. The topological polar surface area (TPSA) is 92.0 Å². The molecule has 0 aliphatic rings. The van der Waals surface area contributed by atoms with E-state index in [1.165, 1.54) is 23.7 Å². The summed E-state index contributed by atoms with van der Waals surface area (Å²) in [4.78, 5) is 16.8. The van der Waals surface area contributed by atoms with Crippen LogP contribution in [0.5, 0.6) is 0 Å². The number of aromatic amines is 1. The van der Waals surface area contributed by atoms with Crippen LogP contribution >= 0.6 is 11.8 Å². The highest BCUT2D eigenvalue weighted by molar-refractivity contribution is 7.99. The van der Waals surface area contributed by atoms with Crippen LogP contribution in [0.15, 0.2) is 63.2 Å². The molecule has 2 N–H and O–H groups in total. The van der Waals surface area contributed by atoms with E-state index >= 15 is 0 Å². The number of aromatic nitrogens is 3. The number of carbonyl (C=O) groups is 1. The molecule has 2 aromatic heterocycles. The van der Waals surface area contributed by atoms with Crippen LogP contribution in [-0.4, -0.2) is 26.1 Å². The monoisotopic (exact) mass is 327 g/mol. The Morgan fingerprint density at radius 2 is 2.04 bits per heavy atom. The van der Waals surface area contributed by atoms with Crippen LogP contribution in [0, 0.1) is 6.92 Å². The summed E-state index contributed by atoms with van der Waals surface area (Å²) in [5, 5.41) is 16.4. The molecule has 0 unspecified atom stereocenters. The number of aliphatic hydroxyl groups is 1. The number of furan rings is 1. The van der Waals surface area contributed by atoms with Crippen molar-refractivity contribution in [1.82, 2.24) is 15.2 Å². The molecule has 3 rings (SSSR count). The first kappa shape index (κ1) is 15.1. The number of H-pyrrole nitrogens is 1. The molecule has 7 heteroatoms. The molecule has 0 aliphatic carbocycles. The van der Waals surface area contributed by atoms with Crippen molar-refractivity contribution in [2.75, 3.05) is 0 Å². The number of ketones is 1. The maximum atomic E-state index is 12.1. The molecule has 0 aliphatic heterocycles. The largest absolute Gasteiger partial charge is 0.504 e. The van der Waals surface area contributed by atoms with E-state index in [-0.39, 0.29) is 17.3 Å². The van der Waals surface area contributed by atoms with Crippen LogP contribution in [0.4, 0.5) is 0 Å². The van der Waals surface area contributed by atoms with Gasteiger partial charge in [0.2, 0.25) is 5.78 Å². The van der Waals surface area contributed by atoms with E-state index in [1.807, 2.05) is 31.2 Å². The molecule has 116 valence electrons. The average molecular weight is 327 g/mol. The first-order valence-corrected chi connectivity index (χ1v) is 7.58. The highest BCUT2D eigenvalue weighted by atomic mass is 32.2. The van der Waals surface area contributed by atoms with Gasteiger partial charge in [0.15, 0.2) is 22.4 Å². The zero-order valence-electron chi connectivity index (χ0n) is 12.2. The van der Waals surface area contributed by atoms with Gasteiger partial charge in [0.25, 0.3) is 0 Å². The van der Waals surface area contributed by atoms with Crippen molar-refractivity contribution in [2.45, 2.75) is 16.9 Å². The van der Waals surface area contributed by atoms with Crippen LogP contribution in [0.25, 0.3) is 5.76 Å². The van der Waals surface area contributed by atoms with Gasteiger partial charge >= 0.3 is 0 Å². The maximum Gasteiger partial charge on any atom is 0.224 e. The molecule has 0 amide bonds. The number of benzene rings is 1. The molecule has 2 heterocycles. The number of hydrogen-bond acceptors (Lipinski definition) is 6. The Bertz CT molecular complexity index is 836. The molecule has 3 aromatic rings. The van der Waals surface area contributed by atoms with Gasteiger partial charge in [-0.2, -0.15) is 5.10 Å². The second-order valence-electron chi connectivity index (χ2n) is 4.76. The lowest BCUT2D eigenvalue weighted by atomic mass is 10.2. The van der Waals surface area contributed by atoms with E-state index < -0.39 is 5.78 Å². The van der Waals surface area contributed by atoms with Crippen molar-refractivity contribution in [2.24, 2.45) is 0 Å². The highest BCUT2D eigenvalue weighted by Crippen LogP contribution is 2.29. The summed E-state index contributed by atoms with van der Waals surface area (Å²) in [5.41, 5.74) is 1.18. The van der Waals surface area contributed by atoms with Gasteiger partial charge in [-0.15, -0.1) is 0 Å². The van der Waals surface area contributed by atoms with Crippen LogP contribution in [0.1, 0.15) is 21.9 Å². The van der Waals surface area contributed by atoms with E-state index in [2.05, 4.69) is 15.2 Å². The Labute approximate surface area is 136 Å². The SMILES string of the molecule is Cc1ccc(Sc2ccc(C(=O)C=C(O)c3ncn[nH]3)o2)cc1. The predicted molar refractivity (Wildman–Crippen MR) is 85.3 cm³/mol. The first-order valence-electron chi connectivity index (χ1n) is 6.77. The number of rotatable bonds is 5. The minimum Gasteiger partial charge on any atom is -0.504 e. The molecule has 0 fully saturated rings. The molecule has 0 saturated heterocycles. The van der Waals surface area contributed by atoms with E-state index in [9.17, 15) is 9.90 Å². The zero-order valence-corrected chi connectivity index (χ0v) is 13.0. The number of nitrogens with one attached hydrogen (secondary N) is 1. The fourth-order valence-electron chi connectivity index (χ4n) is 1.82. The Morgan fingerprint density at radius 3 is 2.74 bits per heavy atom. The van der Waals surface area contributed by atoms with Crippen LogP contribution in [-0.2, 0) is 0 Å². The number of carbonyl (C=O) groups excluding carboxylic acids is 1. The number of aliphatic hydroxyl groups excluding tert-OH is 1. The Morgan fingerprint density at radius 1 is 1.26 bits per heavy atom. The summed E-state index contributed by atoms with van der Waals surface area (Å²) in [6.07, 6.45) is 2.28. The van der Waals surface area contributed by atoms with Crippen molar-refractivity contribution in [3.63, 3.8) is 0 Å². The second-order valence-corrected chi connectivity index (χ2v) is 5.84. The fourth-order valence-corrected chi connectivity index (χ4v) is 2.59.